The van der Waals surface area contributed by atoms with E-state index < -0.39 is 0 Å². The zero-order valence-electron chi connectivity index (χ0n) is 12.4. The summed E-state index contributed by atoms with van der Waals surface area (Å²) in [4.78, 5) is 22.8. The summed E-state index contributed by atoms with van der Waals surface area (Å²) in [7, 11) is 0. The van der Waals surface area contributed by atoms with Crippen LogP contribution in [0.3, 0.4) is 0 Å². The predicted octanol–water partition coefficient (Wildman–Crippen LogP) is 2.43. The minimum absolute atomic E-state index is 0.0649. The third kappa shape index (κ3) is 4.11. The minimum Gasteiger partial charge on any atom is -0.302 e. The molecule has 0 spiro atoms. The summed E-state index contributed by atoms with van der Waals surface area (Å²) in [6.45, 7) is 2.90. The number of carbonyl (C=O) groups excluding carboxylic acids is 1. The van der Waals surface area contributed by atoms with Crippen molar-refractivity contribution in [2.45, 2.75) is 19.3 Å². The van der Waals surface area contributed by atoms with E-state index in [-0.39, 0.29) is 11.8 Å². The van der Waals surface area contributed by atoms with Crippen molar-refractivity contribution in [3.63, 3.8) is 0 Å². The third-order valence-electron chi connectivity index (χ3n) is 4.00. The Morgan fingerprint density at radius 2 is 2.23 bits per heavy atom. The number of nitrogens with zero attached hydrogens (tertiary/aromatic N) is 3. The molecule has 1 fully saturated rings. The maximum Gasteiger partial charge on any atom is 0.230 e. The molecule has 3 rings (SSSR count). The Balaban J connectivity index is 1.49. The Bertz CT molecular complexity index is 587. The fourth-order valence-corrected chi connectivity index (χ4v) is 3.33. The largest absolute Gasteiger partial charge is 0.302 e. The Kier molecular flexibility index (Phi) is 5.13. The van der Waals surface area contributed by atoms with Gasteiger partial charge in [0.2, 0.25) is 5.91 Å². The van der Waals surface area contributed by atoms with E-state index in [1.165, 1.54) is 16.9 Å². The van der Waals surface area contributed by atoms with Gasteiger partial charge in [0.15, 0.2) is 5.13 Å². The van der Waals surface area contributed by atoms with E-state index in [1.54, 1.807) is 6.20 Å². The highest BCUT2D eigenvalue weighted by atomic mass is 32.1. The first kappa shape index (κ1) is 15.1. The van der Waals surface area contributed by atoms with Gasteiger partial charge in [0.1, 0.15) is 0 Å². The van der Waals surface area contributed by atoms with Crippen LogP contribution in [-0.4, -0.2) is 40.4 Å². The second-order valence-electron chi connectivity index (χ2n) is 5.57. The van der Waals surface area contributed by atoms with Gasteiger partial charge in [0.25, 0.3) is 0 Å². The number of likely N-dealkylation sites (tertiary alicyclic amines) is 1. The van der Waals surface area contributed by atoms with Crippen molar-refractivity contribution in [1.82, 2.24) is 14.9 Å². The van der Waals surface area contributed by atoms with Gasteiger partial charge >= 0.3 is 0 Å². The number of aromatic nitrogens is 2. The lowest BCUT2D eigenvalue weighted by molar-refractivity contribution is -0.121. The Morgan fingerprint density at radius 1 is 1.36 bits per heavy atom. The molecule has 1 N–H and O–H groups in total. The van der Waals surface area contributed by atoms with E-state index in [2.05, 4.69) is 32.3 Å². The van der Waals surface area contributed by atoms with E-state index >= 15 is 0 Å². The maximum atomic E-state index is 12.3. The van der Waals surface area contributed by atoms with Gasteiger partial charge in [-0.1, -0.05) is 0 Å². The monoisotopic (exact) mass is 316 g/mol. The van der Waals surface area contributed by atoms with Gasteiger partial charge in [-0.3, -0.25) is 9.78 Å². The molecule has 1 amide bonds. The average Bonchev–Trinajstić information content (AvgIpc) is 3.07. The number of rotatable bonds is 5. The number of nitrogens with one attached hydrogen (secondary N) is 1. The van der Waals surface area contributed by atoms with Crippen molar-refractivity contribution in [1.29, 1.82) is 0 Å². The zero-order chi connectivity index (χ0) is 15.2. The lowest BCUT2D eigenvalue weighted by atomic mass is 9.97. The van der Waals surface area contributed by atoms with Crippen LogP contribution in [0.25, 0.3) is 0 Å². The first-order valence-electron chi connectivity index (χ1n) is 7.63. The molecule has 0 radical (unpaired) electrons. The van der Waals surface area contributed by atoms with Gasteiger partial charge in [-0.15, -0.1) is 11.3 Å². The van der Waals surface area contributed by atoms with E-state index in [4.69, 9.17) is 0 Å². The molecule has 1 saturated heterocycles. The number of carbonyl (C=O) groups is 1. The molecule has 3 heterocycles. The summed E-state index contributed by atoms with van der Waals surface area (Å²) in [6, 6.07) is 4.10. The average molecular weight is 316 g/mol. The van der Waals surface area contributed by atoms with Crippen LogP contribution in [0.4, 0.5) is 5.13 Å². The first-order valence-corrected chi connectivity index (χ1v) is 8.51. The molecule has 1 aliphatic heterocycles. The van der Waals surface area contributed by atoms with Gasteiger partial charge in [0.05, 0.1) is 5.92 Å². The van der Waals surface area contributed by atoms with Crippen LogP contribution >= 0.6 is 11.3 Å². The van der Waals surface area contributed by atoms with Crippen LogP contribution in [0.1, 0.15) is 18.4 Å². The van der Waals surface area contributed by atoms with Crippen LogP contribution in [0, 0.1) is 5.92 Å². The second-order valence-corrected chi connectivity index (χ2v) is 6.47. The lowest BCUT2D eigenvalue weighted by Gasteiger charge is -2.31. The fourth-order valence-electron chi connectivity index (χ4n) is 2.80. The molecule has 22 heavy (non-hydrogen) atoms. The number of hydrogen-bond acceptors (Lipinski definition) is 5. The number of hydrogen-bond donors (Lipinski definition) is 1. The molecule has 0 saturated carbocycles. The van der Waals surface area contributed by atoms with E-state index in [1.807, 2.05) is 17.8 Å². The third-order valence-corrected chi connectivity index (χ3v) is 4.69. The molecule has 2 aromatic rings. The van der Waals surface area contributed by atoms with E-state index in [0.717, 1.165) is 38.9 Å². The van der Waals surface area contributed by atoms with Gasteiger partial charge in [-0.05, 0) is 43.5 Å². The molecule has 6 heteroatoms. The van der Waals surface area contributed by atoms with E-state index in [0.29, 0.717) is 5.13 Å². The molecule has 1 atom stereocenters. The summed E-state index contributed by atoms with van der Waals surface area (Å²) in [6.07, 6.45) is 8.41. The second kappa shape index (κ2) is 7.47. The summed E-state index contributed by atoms with van der Waals surface area (Å²) in [5, 5.41) is 5.49. The SMILES string of the molecule is O=C(Nc1nccs1)[C@H]1CCCN(CCc2ccncc2)C1. The van der Waals surface area contributed by atoms with Crippen molar-refractivity contribution >= 4 is 22.4 Å². The highest BCUT2D eigenvalue weighted by Crippen LogP contribution is 2.20. The van der Waals surface area contributed by atoms with Crippen molar-refractivity contribution in [2.75, 3.05) is 25.0 Å². The molecule has 0 unspecified atom stereocenters. The summed E-state index contributed by atoms with van der Waals surface area (Å²) in [5.41, 5.74) is 1.30. The maximum absolute atomic E-state index is 12.3. The molecule has 0 bridgehead atoms. The fraction of sp³-hybridized carbons (Fsp3) is 0.438. The lowest BCUT2D eigenvalue weighted by Crippen LogP contribution is -2.41. The number of anilines is 1. The van der Waals surface area contributed by atoms with E-state index in [9.17, 15) is 4.79 Å². The minimum atomic E-state index is 0.0649. The van der Waals surface area contributed by atoms with Crippen LogP contribution < -0.4 is 5.32 Å². The zero-order valence-corrected chi connectivity index (χ0v) is 13.3. The molecule has 1 aliphatic rings. The van der Waals surface area contributed by atoms with Crippen LogP contribution in [0.5, 0.6) is 0 Å². The summed E-state index contributed by atoms with van der Waals surface area (Å²) in [5.74, 6) is 0.165. The van der Waals surface area contributed by atoms with Crippen LogP contribution in [0.15, 0.2) is 36.1 Å². The normalized spacial score (nSPS) is 19.0. The molecule has 116 valence electrons. The van der Waals surface area contributed by atoms with Crippen LogP contribution in [-0.2, 0) is 11.2 Å². The number of pyridine rings is 1. The number of thiazole rings is 1. The van der Waals surface area contributed by atoms with Crippen molar-refractivity contribution < 1.29 is 4.79 Å². The highest BCUT2D eigenvalue weighted by molar-refractivity contribution is 7.13. The van der Waals surface area contributed by atoms with Gasteiger partial charge < -0.3 is 10.2 Å². The van der Waals surface area contributed by atoms with Gasteiger partial charge in [-0.25, -0.2) is 4.98 Å². The van der Waals surface area contributed by atoms with Crippen LogP contribution in [0.2, 0.25) is 0 Å². The Labute approximate surface area is 134 Å². The summed E-state index contributed by atoms with van der Waals surface area (Å²) >= 11 is 1.46. The quantitative estimate of drug-likeness (QED) is 0.920. The standard InChI is InChI=1S/C16H20N4OS/c21-15(19-16-18-8-11-22-16)14-2-1-9-20(12-14)10-5-13-3-6-17-7-4-13/h3-4,6-8,11,14H,1-2,5,9-10,12H2,(H,18,19,21)/t14-/m0/s1. The molecule has 0 aromatic carbocycles. The van der Waals surface area contributed by atoms with Crippen molar-refractivity contribution in [3.8, 4) is 0 Å². The number of piperidine rings is 1. The molecule has 0 aliphatic carbocycles. The molecule has 2 aromatic heterocycles. The van der Waals surface area contributed by atoms with Crippen molar-refractivity contribution in [2.24, 2.45) is 5.92 Å². The number of amides is 1. The van der Waals surface area contributed by atoms with Crippen molar-refractivity contribution in [3.05, 3.63) is 41.7 Å². The Morgan fingerprint density at radius 3 is 3.00 bits per heavy atom. The molecular weight excluding hydrogens is 296 g/mol. The highest BCUT2D eigenvalue weighted by Gasteiger charge is 2.25. The molecular formula is C16H20N4OS. The summed E-state index contributed by atoms with van der Waals surface area (Å²) < 4.78 is 0. The predicted molar refractivity (Wildman–Crippen MR) is 87.8 cm³/mol. The van der Waals surface area contributed by atoms with Gasteiger partial charge in [0, 0.05) is 37.1 Å². The topological polar surface area (TPSA) is 58.1 Å². The smallest absolute Gasteiger partial charge is 0.230 e. The Hall–Kier alpha value is -1.79. The van der Waals surface area contributed by atoms with Gasteiger partial charge in [-0.2, -0.15) is 0 Å². The first-order chi connectivity index (χ1) is 10.8. The molecule has 5 nitrogen and oxygen atoms in total.